The molecule has 48 nitrogen and oxygen atoms in total. The van der Waals surface area contributed by atoms with Crippen molar-refractivity contribution in [2.24, 2.45) is 0 Å². The van der Waals surface area contributed by atoms with Gasteiger partial charge in [0.05, 0.1) is 615 Å². The second-order valence-corrected chi connectivity index (χ2v) is 38.6. The van der Waals surface area contributed by atoms with Crippen molar-refractivity contribution < 1.29 is 222 Å². The molecule has 0 fully saturated rings. The normalized spacial score (nSPS) is 12.1. The van der Waals surface area contributed by atoms with Gasteiger partial charge in [-0.3, -0.25) is 4.90 Å². The van der Waals surface area contributed by atoms with Crippen LogP contribution in [0.3, 0.4) is 0 Å². The third-order valence-electron chi connectivity index (χ3n) is 18.1. The first-order chi connectivity index (χ1) is 72.6. The minimum atomic E-state index is -2.26. The van der Waals surface area contributed by atoms with E-state index in [-0.39, 0.29) is 0 Å². The van der Waals surface area contributed by atoms with Gasteiger partial charge in [0.15, 0.2) is 0 Å². The molecule has 884 valence electrons. The highest BCUT2D eigenvalue weighted by Crippen LogP contribution is 2.42. The van der Waals surface area contributed by atoms with Crippen LogP contribution in [-0.4, -0.2) is 646 Å². The van der Waals surface area contributed by atoms with Crippen molar-refractivity contribution in [3.63, 3.8) is 0 Å². The molecule has 0 aromatic heterocycles. The number of methoxy groups -OCH3 is 1. The minimum absolute atomic E-state index is 0.434. The van der Waals surface area contributed by atoms with Gasteiger partial charge in [0.1, 0.15) is 0 Å². The van der Waals surface area contributed by atoms with Crippen molar-refractivity contribution >= 4 is 14.3 Å². The molecule has 0 rings (SSSR count). The molecule has 0 bridgehead atoms. The maximum absolute atomic E-state index is 12.2. The standard InChI is InChI=1S/C97H199NO47P2/c1-101-8-9-103-12-13-105-16-17-107-20-21-109-24-25-111-28-29-113-32-33-115-36-37-117-40-41-119-44-45-121-48-49-123-52-53-125-56-57-127-60-61-129-64-65-131-68-69-133-72-73-135-76-77-137-80-81-139-84-85-141-88-89-143-92-93-145-95-94-144-91-90-142-87-86-140-83-82-138-79-78-136-75-74-134-71-70-132-67-66-130-63-62-128-59-58-126-55-54-124-51-50-122-47-46-120-43-42-118-39-38-116-35-34-114-31-30-112-27-26-110-23-22-108-19-18-106-15-14-104-11-10-102-7-6-98(96-146(2,3)99)97-147(4,5)100/h6-97H2,1-5H3. The maximum atomic E-state index is 12.2. The molecular formula is C97H199NO47P2. The molecule has 147 heavy (non-hydrogen) atoms. The monoisotopic (exact) mass is 2190 g/mol. The van der Waals surface area contributed by atoms with Crippen molar-refractivity contribution in [3.05, 3.63) is 0 Å². The van der Waals surface area contributed by atoms with Gasteiger partial charge in [0.25, 0.3) is 0 Å². The van der Waals surface area contributed by atoms with Gasteiger partial charge in [-0.1, -0.05) is 0 Å². The molecule has 0 saturated carbocycles. The summed E-state index contributed by atoms with van der Waals surface area (Å²) in [5.41, 5.74) is 0. The van der Waals surface area contributed by atoms with Crippen LogP contribution in [0.25, 0.3) is 0 Å². The number of hydrogen-bond donors (Lipinski definition) is 0. The van der Waals surface area contributed by atoms with Crippen molar-refractivity contribution in [2.75, 3.05) is 641 Å². The fourth-order valence-corrected chi connectivity index (χ4v) is 13.6. The van der Waals surface area contributed by atoms with E-state index in [0.717, 1.165) is 0 Å². The van der Waals surface area contributed by atoms with E-state index in [1.807, 2.05) is 4.90 Å². The molecule has 0 amide bonds. The lowest BCUT2D eigenvalue weighted by Crippen LogP contribution is -2.30. The van der Waals surface area contributed by atoms with E-state index in [1.54, 1.807) is 33.8 Å². The van der Waals surface area contributed by atoms with Crippen molar-refractivity contribution in [1.82, 2.24) is 4.90 Å². The zero-order chi connectivity index (χ0) is 105. The van der Waals surface area contributed by atoms with E-state index < -0.39 is 14.3 Å². The Labute approximate surface area is 878 Å². The van der Waals surface area contributed by atoms with Crippen molar-refractivity contribution in [3.8, 4) is 0 Å². The second kappa shape index (κ2) is 131. The summed E-state index contributed by atoms with van der Waals surface area (Å²) in [7, 11) is -2.88. The fourth-order valence-electron chi connectivity index (χ4n) is 11.0. The van der Waals surface area contributed by atoms with E-state index in [4.69, 9.17) is 213 Å². The summed E-state index contributed by atoms with van der Waals surface area (Å²) in [4.78, 5) is 1.97. The average molecular weight is 2190 g/mol. The average Bonchev–Trinajstić information content (AvgIpc) is 0.893. The van der Waals surface area contributed by atoms with Crippen LogP contribution in [0, 0.1) is 0 Å². The zero-order valence-electron chi connectivity index (χ0n) is 90.6. The third kappa shape index (κ3) is 141. The Bertz CT molecular complexity index is 2260. The molecule has 0 saturated heterocycles. The first-order valence-electron chi connectivity index (χ1n) is 52.3. The SMILES string of the molecule is COCCOCCOCCOCCOCCOCCOCCOCCOCCOCCOCCOCCOCCOCCOCCOCCOCCOCCOCCOCCOCCOCCOCCOCCOCCOCCOCCOCCOCCOCCOCCOCCOCCOCCOCCOCCOCCOCCOCCOCCOCCOCCOCCOCCOCCN(CP(C)(C)=O)CP(C)(C)=O. The molecule has 0 aromatic rings. The summed E-state index contributed by atoms with van der Waals surface area (Å²) in [5, 5.41) is 0. The van der Waals surface area contributed by atoms with Crippen molar-refractivity contribution in [2.45, 2.75) is 0 Å². The molecule has 0 aliphatic carbocycles. The van der Waals surface area contributed by atoms with E-state index >= 15 is 0 Å². The third-order valence-corrected chi connectivity index (χ3v) is 20.2. The quantitative estimate of drug-likeness (QED) is 0.0624. The van der Waals surface area contributed by atoms with Crippen LogP contribution in [0.2, 0.25) is 0 Å². The molecule has 50 heteroatoms. The van der Waals surface area contributed by atoms with Crippen LogP contribution < -0.4 is 0 Å². The van der Waals surface area contributed by atoms with Crippen LogP contribution in [0.15, 0.2) is 0 Å². The highest BCUT2D eigenvalue weighted by Gasteiger charge is 2.20. The van der Waals surface area contributed by atoms with Crippen LogP contribution in [0.4, 0.5) is 0 Å². The molecule has 0 aliphatic rings. The molecule has 0 aromatic carbocycles. The Morgan fingerprint density at radius 2 is 0.170 bits per heavy atom. The molecule has 0 radical (unpaired) electrons. The van der Waals surface area contributed by atoms with Gasteiger partial charge in [0.2, 0.25) is 0 Å². The maximum Gasteiger partial charge on any atom is 0.0951 e. The Morgan fingerprint density at radius 1 is 0.109 bits per heavy atom. The van der Waals surface area contributed by atoms with Crippen LogP contribution in [-0.2, 0) is 222 Å². The first kappa shape index (κ1) is 146. The number of hydrogen-bond acceptors (Lipinski definition) is 48. The Balaban J connectivity index is 3.13. The predicted octanol–water partition coefficient (Wildman–Crippen LogP) is 2.83. The van der Waals surface area contributed by atoms with Gasteiger partial charge in [0, 0.05) is 13.7 Å². The van der Waals surface area contributed by atoms with Crippen LogP contribution in [0.1, 0.15) is 0 Å². The van der Waals surface area contributed by atoms with E-state index in [1.165, 1.54) is 0 Å². The van der Waals surface area contributed by atoms with Gasteiger partial charge in [-0.05, 0) is 26.7 Å². The lowest BCUT2D eigenvalue weighted by Gasteiger charge is -2.25. The molecular weight excluding hydrogens is 1990 g/mol. The van der Waals surface area contributed by atoms with E-state index in [9.17, 15) is 9.13 Å². The summed E-state index contributed by atoms with van der Waals surface area (Å²) < 4.78 is 273. The highest BCUT2D eigenvalue weighted by molar-refractivity contribution is 7.63. The largest absolute Gasteiger partial charge is 0.382 e. The summed E-state index contributed by atoms with van der Waals surface area (Å²) in [6, 6.07) is 0. The van der Waals surface area contributed by atoms with E-state index in [2.05, 4.69) is 0 Å². The number of nitrogens with zero attached hydrogens (tertiary/aromatic N) is 1. The highest BCUT2D eigenvalue weighted by atomic mass is 31.2. The van der Waals surface area contributed by atoms with Crippen LogP contribution in [0.5, 0.6) is 0 Å². The van der Waals surface area contributed by atoms with Gasteiger partial charge in [-0.15, -0.1) is 0 Å². The molecule has 0 unspecified atom stereocenters. The molecule has 0 atom stereocenters. The van der Waals surface area contributed by atoms with Gasteiger partial charge in [-0.25, -0.2) is 0 Å². The Kier molecular flexibility index (Phi) is 130. The smallest absolute Gasteiger partial charge is 0.0951 e. The first-order valence-corrected chi connectivity index (χ1v) is 57.9. The van der Waals surface area contributed by atoms with E-state index in [0.29, 0.717) is 607 Å². The second-order valence-electron chi connectivity index (χ2n) is 31.8. The summed E-state index contributed by atoms with van der Waals surface area (Å²) >= 11 is 0. The molecule has 0 spiro atoms. The molecule has 0 heterocycles. The number of rotatable bonds is 139. The predicted molar refractivity (Wildman–Crippen MR) is 543 cm³/mol. The topological polar surface area (TPSA) is 453 Å². The van der Waals surface area contributed by atoms with Gasteiger partial charge < -0.3 is 222 Å². The molecule has 0 N–H and O–H groups in total. The Hall–Kier alpha value is -1.38. The lowest BCUT2D eigenvalue weighted by atomic mass is 10.6. The lowest BCUT2D eigenvalue weighted by molar-refractivity contribution is -0.0329. The summed E-state index contributed by atoms with van der Waals surface area (Å²) in [6.07, 6.45) is 0.867. The zero-order valence-corrected chi connectivity index (χ0v) is 92.4. The summed E-state index contributed by atoms with van der Waals surface area (Å²) in [6.45, 7) is 50.2. The van der Waals surface area contributed by atoms with Crippen LogP contribution >= 0.6 is 14.3 Å². The fraction of sp³-hybridized carbons (Fsp3) is 1.00. The molecule has 0 aliphatic heterocycles. The van der Waals surface area contributed by atoms with Crippen molar-refractivity contribution in [1.29, 1.82) is 0 Å². The summed E-state index contributed by atoms with van der Waals surface area (Å²) in [5.74, 6) is 0. The number of ether oxygens (including phenoxy) is 45. The van der Waals surface area contributed by atoms with Gasteiger partial charge >= 0.3 is 0 Å². The minimum Gasteiger partial charge on any atom is -0.382 e. The Morgan fingerprint density at radius 3 is 0.231 bits per heavy atom. The van der Waals surface area contributed by atoms with Gasteiger partial charge in [-0.2, -0.15) is 0 Å².